The van der Waals surface area contributed by atoms with Gasteiger partial charge in [-0.1, -0.05) is 0 Å². The van der Waals surface area contributed by atoms with Gasteiger partial charge < -0.3 is 14.9 Å². The SMILES string of the molecule is O=C(O)CCC1CCCCN1C(=O)c1ccc(N2CCCC2)nn1. The Bertz CT molecular complexity index is 584. The monoisotopic (exact) mass is 332 g/mol. The molecule has 2 aliphatic rings. The molecule has 1 aromatic heterocycles. The third kappa shape index (κ3) is 3.83. The molecule has 130 valence electrons. The lowest BCUT2D eigenvalue weighted by Crippen LogP contribution is -2.44. The number of aromatic nitrogens is 2. The zero-order valence-electron chi connectivity index (χ0n) is 13.9. The summed E-state index contributed by atoms with van der Waals surface area (Å²) in [6, 6.07) is 3.59. The Labute approximate surface area is 141 Å². The Kier molecular flexibility index (Phi) is 5.27. The van der Waals surface area contributed by atoms with Crippen molar-refractivity contribution in [2.75, 3.05) is 24.5 Å². The van der Waals surface area contributed by atoms with Gasteiger partial charge in [-0.3, -0.25) is 9.59 Å². The number of hydrogen-bond acceptors (Lipinski definition) is 5. The minimum atomic E-state index is -0.817. The van der Waals surface area contributed by atoms with Crippen molar-refractivity contribution in [3.8, 4) is 0 Å². The standard InChI is InChI=1S/C17H24N4O3/c22-16(23)9-6-13-5-1-2-12-21(13)17(24)14-7-8-15(19-18-14)20-10-3-4-11-20/h7-8,13H,1-6,9-12H2,(H,22,23). The molecule has 0 aromatic carbocycles. The van der Waals surface area contributed by atoms with Crippen LogP contribution in [0, 0.1) is 0 Å². The average Bonchev–Trinajstić information content (AvgIpc) is 3.14. The van der Waals surface area contributed by atoms with E-state index >= 15 is 0 Å². The number of hydrogen-bond donors (Lipinski definition) is 1. The quantitative estimate of drug-likeness (QED) is 0.887. The van der Waals surface area contributed by atoms with Crippen LogP contribution >= 0.6 is 0 Å². The van der Waals surface area contributed by atoms with Crippen molar-refractivity contribution in [3.63, 3.8) is 0 Å². The first-order valence-corrected chi connectivity index (χ1v) is 8.76. The lowest BCUT2D eigenvalue weighted by Gasteiger charge is -2.35. The number of piperidine rings is 1. The summed E-state index contributed by atoms with van der Waals surface area (Å²) in [6.45, 7) is 2.65. The maximum Gasteiger partial charge on any atom is 0.303 e. The van der Waals surface area contributed by atoms with Gasteiger partial charge in [0.2, 0.25) is 0 Å². The third-order valence-electron chi connectivity index (χ3n) is 4.88. The van der Waals surface area contributed by atoms with Crippen molar-refractivity contribution in [1.82, 2.24) is 15.1 Å². The van der Waals surface area contributed by atoms with Crippen LogP contribution in [0.15, 0.2) is 12.1 Å². The highest BCUT2D eigenvalue weighted by Crippen LogP contribution is 2.23. The number of carbonyl (C=O) groups excluding carboxylic acids is 1. The Morgan fingerprint density at radius 1 is 1.08 bits per heavy atom. The first-order chi connectivity index (χ1) is 11.6. The van der Waals surface area contributed by atoms with Crippen LogP contribution in [0.4, 0.5) is 5.82 Å². The second-order valence-electron chi connectivity index (χ2n) is 6.55. The largest absolute Gasteiger partial charge is 0.481 e. The second-order valence-corrected chi connectivity index (χ2v) is 6.55. The normalized spacial score (nSPS) is 21.1. The summed E-state index contributed by atoms with van der Waals surface area (Å²) in [5, 5.41) is 17.2. The Morgan fingerprint density at radius 2 is 1.83 bits per heavy atom. The van der Waals surface area contributed by atoms with E-state index in [2.05, 4.69) is 15.1 Å². The van der Waals surface area contributed by atoms with Crippen LogP contribution < -0.4 is 4.90 Å². The number of aliphatic carboxylic acids is 1. The molecule has 1 atom stereocenters. The number of carboxylic acid groups (broad SMARTS) is 1. The first kappa shape index (κ1) is 16.7. The van der Waals surface area contributed by atoms with Crippen LogP contribution in [0.3, 0.4) is 0 Å². The van der Waals surface area contributed by atoms with Crippen molar-refractivity contribution in [2.24, 2.45) is 0 Å². The molecule has 24 heavy (non-hydrogen) atoms. The average molecular weight is 332 g/mol. The summed E-state index contributed by atoms with van der Waals surface area (Å²) >= 11 is 0. The van der Waals surface area contributed by atoms with E-state index in [-0.39, 0.29) is 18.4 Å². The highest BCUT2D eigenvalue weighted by molar-refractivity contribution is 5.92. The molecule has 1 aromatic rings. The fourth-order valence-electron chi connectivity index (χ4n) is 3.56. The number of rotatable bonds is 5. The van der Waals surface area contributed by atoms with Gasteiger partial charge in [0.25, 0.3) is 5.91 Å². The lowest BCUT2D eigenvalue weighted by atomic mass is 9.97. The molecule has 2 fully saturated rings. The summed E-state index contributed by atoms with van der Waals surface area (Å²) in [5.74, 6) is -0.126. The van der Waals surface area contributed by atoms with E-state index in [4.69, 9.17) is 5.11 Å². The Hall–Kier alpha value is -2.18. The summed E-state index contributed by atoms with van der Waals surface area (Å²) in [7, 11) is 0. The molecular formula is C17H24N4O3. The number of nitrogens with zero attached hydrogens (tertiary/aromatic N) is 4. The molecular weight excluding hydrogens is 308 g/mol. The molecule has 0 spiro atoms. The van der Waals surface area contributed by atoms with Gasteiger partial charge in [0.1, 0.15) is 0 Å². The van der Waals surface area contributed by atoms with E-state index < -0.39 is 5.97 Å². The highest BCUT2D eigenvalue weighted by atomic mass is 16.4. The molecule has 0 saturated carbocycles. The van der Waals surface area contributed by atoms with Gasteiger partial charge >= 0.3 is 5.97 Å². The molecule has 0 aliphatic carbocycles. The van der Waals surface area contributed by atoms with Crippen molar-refractivity contribution in [3.05, 3.63) is 17.8 Å². The predicted octanol–water partition coefficient (Wildman–Crippen LogP) is 1.94. The minimum absolute atomic E-state index is 0.0117. The summed E-state index contributed by atoms with van der Waals surface area (Å²) in [4.78, 5) is 27.5. The Morgan fingerprint density at radius 3 is 2.50 bits per heavy atom. The zero-order chi connectivity index (χ0) is 16.9. The molecule has 1 unspecified atom stereocenters. The minimum Gasteiger partial charge on any atom is -0.481 e. The van der Waals surface area contributed by atoms with E-state index in [1.165, 1.54) is 12.8 Å². The van der Waals surface area contributed by atoms with Gasteiger partial charge in [-0.25, -0.2) is 0 Å². The van der Waals surface area contributed by atoms with Crippen LogP contribution in [0.25, 0.3) is 0 Å². The van der Waals surface area contributed by atoms with Crippen LogP contribution in [-0.2, 0) is 4.79 Å². The topological polar surface area (TPSA) is 86.6 Å². The van der Waals surface area contributed by atoms with Crippen molar-refractivity contribution >= 4 is 17.7 Å². The van der Waals surface area contributed by atoms with Crippen molar-refractivity contribution in [1.29, 1.82) is 0 Å². The van der Waals surface area contributed by atoms with E-state index in [9.17, 15) is 9.59 Å². The molecule has 3 rings (SSSR count). The number of likely N-dealkylation sites (tertiary alicyclic amines) is 1. The smallest absolute Gasteiger partial charge is 0.303 e. The van der Waals surface area contributed by atoms with Gasteiger partial charge in [0.05, 0.1) is 0 Å². The summed E-state index contributed by atoms with van der Waals surface area (Å²) in [5.41, 5.74) is 0.347. The third-order valence-corrected chi connectivity index (χ3v) is 4.88. The molecule has 7 heteroatoms. The molecule has 2 aliphatic heterocycles. The first-order valence-electron chi connectivity index (χ1n) is 8.76. The van der Waals surface area contributed by atoms with Gasteiger partial charge in [-0.15, -0.1) is 10.2 Å². The number of carboxylic acids is 1. The molecule has 0 radical (unpaired) electrons. The molecule has 1 N–H and O–H groups in total. The Balaban J connectivity index is 1.67. The fourth-order valence-corrected chi connectivity index (χ4v) is 3.56. The predicted molar refractivity (Wildman–Crippen MR) is 89.0 cm³/mol. The number of amides is 1. The summed E-state index contributed by atoms with van der Waals surface area (Å²) < 4.78 is 0. The number of anilines is 1. The van der Waals surface area contributed by atoms with Gasteiger partial charge in [-0.05, 0) is 50.7 Å². The lowest BCUT2D eigenvalue weighted by molar-refractivity contribution is -0.137. The van der Waals surface area contributed by atoms with E-state index in [1.807, 2.05) is 6.07 Å². The fraction of sp³-hybridized carbons (Fsp3) is 0.647. The van der Waals surface area contributed by atoms with Crippen LogP contribution in [0.5, 0.6) is 0 Å². The zero-order valence-corrected chi connectivity index (χ0v) is 13.9. The van der Waals surface area contributed by atoms with Crippen LogP contribution in [0.1, 0.15) is 55.4 Å². The highest BCUT2D eigenvalue weighted by Gasteiger charge is 2.29. The molecule has 0 bridgehead atoms. The maximum atomic E-state index is 12.7. The van der Waals surface area contributed by atoms with Gasteiger partial charge in [-0.2, -0.15) is 0 Å². The van der Waals surface area contributed by atoms with Crippen molar-refractivity contribution in [2.45, 2.75) is 51.0 Å². The summed E-state index contributed by atoms with van der Waals surface area (Å²) in [6.07, 6.45) is 5.78. The molecule has 1 amide bonds. The molecule has 2 saturated heterocycles. The van der Waals surface area contributed by atoms with E-state index in [0.29, 0.717) is 18.7 Å². The maximum absolute atomic E-state index is 12.7. The van der Waals surface area contributed by atoms with Crippen molar-refractivity contribution < 1.29 is 14.7 Å². The number of carbonyl (C=O) groups is 2. The molecule has 7 nitrogen and oxygen atoms in total. The van der Waals surface area contributed by atoms with E-state index in [1.54, 1.807) is 11.0 Å². The van der Waals surface area contributed by atoms with E-state index in [0.717, 1.165) is 38.2 Å². The van der Waals surface area contributed by atoms with Crippen LogP contribution in [0.2, 0.25) is 0 Å². The van der Waals surface area contributed by atoms with Gasteiger partial charge in [0, 0.05) is 32.1 Å². The second kappa shape index (κ2) is 7.59. The van der Waals surface area contributed by atoms with Crippen LogP contribution in [-0.4, -0.2) is 57.8 Å². The molecule has 3 heterocycles. The van der Waals surface area contributed by atoms with Gasteiger partial charge in [0.15, 0.2) is 11.5 Å².